The van der Waals surface area contributed by atoms with E-state index in [9.17, 15) is 8.42 Å². The van der Waals surface area contributed by atoms with Gasteiger partial charge in [-0.25, -0.2) is 8.42 Å². The molecule has 0 bridgehead atoms. The summed E-state index contributed by atoms with van der Waals surface area (Å²) in [4.78, 5) is 0. The second-order valence-corrected chi connectivity index (χ2v) is 7.60. The maximum Gasteiger partial charge on any atom is 0.165 e. The van der Waals surface area contributed by atoms with Crippen LogP contribution in [0.4, 0.5) is 0 Å². The van der Waals surface area contributed by atoms with Crippen LogP contribution in [0.1, 0.15) is 26.3 Å². The van der Waals surface area contributed by atoms with Crippen LogP contribution in [-0.4, -0.2) is 19.9 Å². The number of sulfone groups is 1. The molecule has 0 atom stereocenters. The van der Waals surface area contributed by atoms with E-state index in [2.05, 4.69) is 11.8 Å². The van der Waals surface area contributed by atoms with Gasteiger partial charge in [-0.2, -0.15) is 0 Å². The third-order valence-electron chi connectivity index (χ3n) is 2.27. The van der Waals surface area contributed by atoms with Gasteiger partial charge in [0, 0.05) is 5.56 Å². The minimum atomic E-state index is -3.13. The van der Waals surface area contributed by atoms with E-state index in [0.29, 0.717) is 0 Å². The van der Waals surface area contributed by atoms with Crippen LogP contribution in [-0.2, 0) is 9.84 Å². The molecule has 0 N–H and O–H groups in total. The first-order valence-corrected chi connectivity index (χ1v) is 8.03. The lowest BCUT2D eigenvalue weighted by atomic mass is 9.97. The Morgan fingerprint density at radius 2 is 1.79 bits per heavy atom. The Bertz CT molecular complexity index is 579. The summed E-state index contributed by atoms with van der Waals surface area (Å²) in [6.07, 6.45) is 3.62. The highest BCUT2D eigenvalue weighted by Crippen LogP contribution is 2.14. The van der Waals surface area contributed by atoms with E-state index in [0.717, 1.165) is 5.56 Å². The minimum absolute atomic E-state index is 0.00520. The summed E-state index contributed by atoms with van der Waals surface area (Å²) in [6.45, 7) is 6.10. The van der Waals surface area contributed by atoms with Gasteiger partial charge in [0.2, 0.25) is 0 Å². The van der Waals surface area contributed by atoms with Gasteiger partial charge in [0.1, 0.15) is 5.75 Å². The Labute approximate surface area is 116 Å². The van der Waals surface area contributed by atoms with Crippen molar-refractivity contribution in [3.8, 4) is 11.8 Å². The van der Waals surface area contributed by atoms with Gasteiger partial charge in [0.05, 0.1) is 5.75 Å². The van der Waals surface area contributed by atoms with Crippen molar-refractivity contribution in [2.75, 3.05) is 11.5 Å². The zero-order valence-corrected chi connectivity index (χ0v) is 12.5. The number of hydrogen-bond acceptors (Lipinski definition) is 2. The second kappa shape index (κ2) is 6.58. The molecule has 0 amide bonds. The lowest BCUT2D eigenvalue weighted by molar-refractivity contribution is 0.543. The van der Waals surface area contributed by atoms with Crippen LogP contribution in [0.3, 0.4) is 0 Å². The highest BCUT2D eigenvalue weighted by atomic mass is 32.2. The van der Waals surface area contributed by atoms with Crippen LogP contribution in [0.5, 0.6) is 0 Å². The Kier molecular flexibility index (Phi) is 5.38. The fourth-order valence-electron chi connectivity index (χ4n) is 1.38. The maximum absolute atomic E-state index is 11.8. The van der Waals surface area contributed by atoms with E-state index in [4.69, 9.17) is 0 Å². The number of allylic oxidation sites excluding steroid dienone is 1. The molecule has 0 unspecified atom stereocenters. The van der Waals surface area contributed by atoms with Gasteiger partial charge in [-0.15, -0.1) is 0 Å². The quantitative estimate of drug-likeness (QED) is 0.628. The minimum Gasteiger partial charge on any atom is -0.228 e. The SMILES string of the molecule is CC(C)(C)/C=C/CS(=O)(=O)CC#Cc1ccccc1. The molecular weight excluding hydrogens is 256 g/mol. The highest BCUT2D eigenvalue weighted by Gasteiger charge is 2.08. The van der Waals surface area contributed by atoms with Crippen molar-refractivity contribution in [1.29, 1.82) is 0 Å². The summed E-state index contributed by atoms with van der Waals surface area (Å²) < 4.78 is 23.5. The highest BCUT2D eigenvalue weighted by molar-refractivity contribution is 7.91. The average molecular weight is 276 g/mol. The molecule has 0 spiro atoms. The molecule has 19 heavy (non-hydrogen) atoms. The lowest BCUT2D eigenvalue weighted by Crippen LogP contribution is -2.09. The van der Waals surface area contributed by atoms with Gasteiger partial charge in [0.25, 0.3) is 0 Å². The third-order valence-corrected chi connectivity index (χ3v) is 3.55. The van der Waals surface area contributed by atoms with E-state index in [1.54, 1.807) is 6.08 Å². The van der Waals surface area contributed by atoms with Crippen molar-refractivity contribution in [3.05, 3.63) is 48.0 Å². The molecule has 102 valence electrons. The van der Waals surface area contributed by atoms with Crippen LogP contribution in [0, 0.1) is 17.3 Å². The Morgan fingerprint density at radius 1 is 1.16 bits per heavy atom. The zero-order chi connectivity index (χ0) is 14.4. The fourth-order valence-corrected chi connectivity index (χ4v) is 2.18. The molecule has 0 aliphatic rings. The monoisotopic (exact) mass is 276 g/mol. The summed E-state index contributed by atoms with van der Waals surface area (Å²) in [6, 6.07) is 9.38. The summed E-state index contributed by atoms with van der Waals surface area (Å²) in [5.41, 5.74) is 0.841. The number of hydrogen-bond donors (Lipinski definition) is 0. The molecule has 0 saturated carbocycles. The molecule has 0 aliphatic carbocycles. The molecule has 0 fully saturated rings. The summed E-state index contributed by atoms with van der Waals surface area (Å²) in [7, 11) is -3.13. The molecule has 1 rings (SSSR count). The topological polar surface area (TPSA) is 34.1 Å². The molecule has 0 aliphatic heterocycles. The van der Waals surface area contributed by atoms with Crippen LogP contribution in [0.2, 0.25) is 0 Å². The van der Waals surface area contributed by atoms with Gasteiger partial charge < -0.3 is 0 Å². The van der Waals surface area contributed by atoms with Crippen LogP contribution < -0.4 is 0 Å². The first-order valence-electron chi connectivity index (χ1n) is 6.21. The second-order valence-electron chi connectivity index (χ2n) is 5.49. The first kappa shape index (κ1) is 15.5. The smallest absolute Gasteiger partial charge is 0.165 e. The van der Waals surface area contributed by atoms with Gasteiger partial charge >= 0.3 is 0 Å². The maximum atomic E-state index is 11.8. The molecule has 0 radical (unpaired) electrons. The zero-order valence-electron chi connectivity index (χ0n) is 11.7. The van der Waals surface area contributed by atoms with Crippen molar-refractivity contribution in [2.24, 2.45) is 5.41 Å². The van der Waals surface area contributed by atoms with E-state index in [-0.39, 0.29) is 16.9 Å². The summed E-state index contributed by atoms with van der Waals surface area (Å²) >= 11 is 0. The predicted molar refractivity (Wildman–Crippen MR) is 80.6 cm³/mol. The number of rotatable bonds is 3. The fraction of sp³-hybridized carbons (Fsp3) is 0.375. The third kappa shape index (κ3) is 7.48. The van der Waals surface area contributed by atoms with E-state index in [1.165, 1.54) is 0 Å². The van der Waals surface area contributed by atoms with Crippen molar-refractivity contribution in [3.63, 3.8) is 0 Å². The van der Waals surface area contributed by atoms with E-state index < -0.39 is 9.84 Å². The molecule has 0 aromatic heterocycles. The Balaban J connectivity index is 2.58. The predicted octanol–water partition coefficient (Wildman–Crippen LogP) is 3.06. The van der Waals surface area contributed by atoms with Gasteiger partial charge in [-0.1, -0.05) is 63.0 Å². The van der Waals surface area contributed by atoms with Crippen molar-refractivity contribution < 1.29 is 8.42 Å². The molecule has 3 heteroatoms. The van der Waals surface area contributed by atoms with Crippen LogP contribution >= 0.6 is 0 Å². The summed E-state index contributed by atoms with van der Waals surface area (Å²) in [5, 5.41) is 0. The van der Waals surface area contributed by atoms with Crippen LogP contribution in [0.25, 0.3) is 0 Å². The van der Waals surface area contributed by atoms with Crippen molar-refractivity contribution >= 4 is 9.84 Å². The number of benzene rings is 1. The average Bonchev–Trinajstić information content (AvgIpc) is 2.28. The molecule has 1 aromatic carbocycles. The first-order chi connectivity index (χ1) is 8.79. The van der Waals surface area contributed by atoms with Crippen molar-refractivity contribution in [2.45, 2.75) is 20.8 Å². The molecular formula is C16H20O2S. The lowest BCUT2D eigenvalue weighted by Gasteiger charge is -2.10. The molecule has 0 heterocycles. The normalized spacial score (nSPS) is 12.2. The van der Waals surface area contributed by atoms with Gasteiger partial charge in [0.15, 0.2) is 9.84 Å². The van der Waals surface area contributed by atoms with Crippen LogP contribution in [0.15, 0.2) is 42.5 Å². The Hall–Kier alpha value is -1.53. The largest absolute Gasteiger partial charge is 0.228 e. The van der Waals surface area contributed by atoms with Crippen molar-refractivity contribution in [1.82, 2.24) is 0 Å². The molecule has 2 nitrogen and oxygen atoms in total. The van der Waals surface area contributed by atoms with Gasteiger partial charge in [-0.3, -0.25) is 0 Å². The molecule has 1 aromatic rings. The standard InChI is InChI=1S/C16H20O2S/c1-16(2,3)12-8-14-19(17,18)13-7-11-15-9-5-4-6-10-15/h4-6,8-10,12H,13-14H2,1-3H3/b12-8+. The van der Waals surface area contributed by atoms with E-state index >= 15 is 0 Å². The summed E-state index contributed by atoms with van der Waals surface area (Å²) in [5.74, 6) is 5.52. The Morgan fingerprint density at radius 3 is 2.37 bits per heavy atom. The van der Waals surface area contributed by atoms with E-state index in [1.807, 2.05) is 57.2 Å². The molecule has 0 saturated heterocycles. The van der Waals surface area contributed by atoms with Gasteiger partial charge in [-0.05, 0) is 17.5 Å².